The van der Waals surface area contributed by atoms with Gasteiger partial charge in [-0.2, -0.15) is 0 Å². The Morgan fingerprint density at radius 3 is 2.75 bits per heavy atom. The third-order valence-electron chi connectivity index (χ3n) is 3.25. The highest BCUT2D eigenvalue weighted by Crippen LogP contribution is 2.27. The molecular formula is C14H21IN4O. The number of anilines is 1. The SMILES string of the molecule is CN=C(NCC(=O)N(C)C)N1CCc2ccccc21.I. The quantitative estimate of drug-likeness (QED) is 0.473. The van der Waals surface area contributed by atoms with Gasteiger partial charge in [0.1, 0.15) is 0 Å². The van der Waals surface area contributed by atoms with Crippen LogP contribution in [0, 0.1) is 0 Å². The van der Waals surface area contributed by atoms with E-state index in [2.05, 4.69) is 27.3 Å². The van der Waals surface area contributed by atoms with Crippen LogP contribution >= 0.6 is 24.0 Å². The molecule has 110 valence electrons. The Kier molecular flexibility index (Phi) is 6.25. The molecule has 0 unspecified atom stereocenters. The minimum absolute atomic E-state index is 0. The number of guanidine groups is 1. The average Bonchev–Trinajstić information content (AvgIpc) is 2.83. The van der Waals surface area contributed by atoms with Crippen LogP contribution in [0.15, 0.2) is 29.3 Å². The van der Waals surface area contributed by atoms with E-state index in [9.17, 15) is 4.79 Å². The Labute approximate surface area is 137 Å². The molecule has 1 aliphatic rings. The summed E-state index contributed by atoms with van der Waals surface area (Å²) in [5, 5.41) is 3.12. The van der Waals surface area contributed by atoms with Crippen LogP contribution in [-0.4, -0.2) is 51.0 Å². The van der Waals surface area contributed by atoms with Crippen LogP contribution < -0.4 is 10.2 Å². The second-order valence-electron chi connectivity index (χ2n) is 4.72. The molecular weight excluding hydrogens is 367 g/mol. The van der Waals surface area contributed by atoms with Crippen LogP contribution in [0.2, 0.25) is 0 Å². The number of nitrogens with one attached hydrogen (secondary N) is 1. The molecule has 5 nitrogen and oxygen atoms in total. The molecule has 1 aromatic carbocycles. The van der Waals surface area contributed by atoms with E-state index in [0.29, 0.717) is 0 Å². The highest BCUT2D eigenvalue weighted by molar-refractivity contribution is 14.0. The van der Waals surface area contributed by atoms with Gasteiger partial charge in [-0.3, -0.25) is 9.79 Å². The third kappa shape index (κ3) is 3.62. The Hall–Kier alpha value is -1.31. The van der Waals surface area contributed by atoms with Crippen LogP contribution in [0.5, 0.6) is 0 Å². The van der Waals surface area contributed by atoms with Crippen molar-refractivity contribution in [3.8, 4) is 0 Å². The van der Waals surface area contributed by atoms with E-state index >= 15 is 0 Å². The molecule has 0 atom stereocenters. The van der Waals surface area contributed by atoms with Gasteiger partial charge in [0, 0.05) is 33.4 Å². The highest BCUT2D eigenvalue weighted by atomic mass is 127. The fourth-order valence-electron chi connectivity index (χ4n) is 2.17. The van der Waals surface area contributed by atoms with Gasteiger partial charge in [0.05, 0.1) is 6.54 Å². The maximum absolute atomic E-state index is 11.6. The molecule has 1 aromatic rings. The van der Waals surface area contributed by atoms with Crippen molar-refractivity contribution in [1.82, 2.24) is 10.2 Å². The van der Waals surface area contributed by atoms with Crippen molar-refractivity contribution in [3.05, 3.63) is 29.8 Å². The molecule has 0 saturated carbocycles. The van der Waals surface area contributed by atoms with Crippen molar-refractivity contribution >= 4 is 41.5 Å². The third-order valence-corrected chi connectivity index (χ3v) is 3.25. The number of halogens is 1. The summed E-state index contributed by atoms with van der Waals surface area (Å²) in [4.78, 5) is 19.6. The van der Waals surface area contributed by atoms with Crippen LogP contribution in [-0.2, 0) is 11.2 Å². The molecule has 1 heterocycles. The summed E-state index contributed by atoms with van der Waals surface area (Å²) in [6.45, 7) is 1.16. The van der Waals surface area contributed by atoms with Crippen molar-refractivity contribution in [2.75, 3.05) is 39.1 Å². The van der Waals surface area contributed by atoms with Crippen LogP contribution in [0.4, 0.5) is 5.69 Å². The van der Waals surface area contributed by atoms with E-state index in [1.165, 1.54) is 11.3 Å². The monoisotopic (exact) mass is 388 g/mol. The van der Waals surface area contributed by atoms with E-state index in [1.807, 2.05) is 12.1 Å². The van der Waals surface area contributed by atoms with Crippen LogP contribution in [0.1, 0.15) is 5.56 Å². The molecule has 0 aromatic heterocycles. The van der Waals surface area contributed by atoms with E-state index < -0.39 is 0 Å². The predicted octanol–water partition coefficient (Wildman–Crippen LogP) is 1.33. The number of hydrogen-bond donors (Lipinski definition) is 1. The zero-order valence-electron chi connectivity index (χ0n) is 12.1. The predicted molar refractivity (Wildman–Crippen MR) is 93.0 cm³/mol. The molecule has 0 bridgehead atoms. The summed E-state index contributed by atoms with van der Waals surface area (Å²) < 4.78 is 0. The van der Waals surface area contributed by atoms with E-state index in [-0.39, 0.29) is 36.4 Å². The summed E-state index contributed by atoms with van der Waals surface area (Å²) in [7, 11) is 5.24. The number of benzene rings is 1. The molecule has 0 fully saturated rings. The number of carbonyl (C=O) groups excluding carboxylic acids is 1. The maximum atomic E-state index is 11.6. The largest absolute Gasteiger partial charge is 0.347 e. The standard InChI is InChI=1S/C14H20N4O.HI/c1-15-14(16-10-13(19)17(2)3)18-9-8-11-6-4-5-7-12(11)18;/h4-7H,8-10H2,1-3H3,(H,15,16);1H. The smallest absolute Gasteiger partial charge is 0.241 e. The molecule has 0 saturated heterocycles. The summed E-state index contributed by atoms with van der Waals surface area (Å²) in [6, 6.07) is 8.29. The number of amides is 1. The maximum Gasteiger partial charge on any atom is 0.241 e. The molecule has 1 N–H and O–H groups in total. The van der Waals surface area contributed by atoms with Crippen molar-refractivity contribution in [2.45, 2.75) is 6.42 Å². The number of para-hydroxylation sites is 1. The van der Waals surface area contributed by atoms with Gasteiger partial charge in [-0.05, 0) is 18.1 Å². The summed E-state index contributed by atoms with van der Waals surface area (Å²) in [5.41, 5.74) is 2.50. The lowest BCUT2D eigenvalue weighted by Gasteiger charge is -2.22. The number of likely N-dealkylation sites (N-methyl/N-ethyl adjacent to an activating group) is 1. The minimum atomic E-state index is 0. The summed E-state index contributed by atoms with van der Waals surface area (Å²) in [5.74, 6) is 0.786. The first kappa shape index (κ1) is 16.7. The van der Waals surface area contributed by atoms with Gasteiger partial charge in [-0.15, -0.1) is 24.0 Å². The molecule has 20 heavy (non-hydrogen) atoms. The van der Waals surface area contributed by atoms with Crippen molar-refractivity contribution < 1.29 is 4.79 Å². The Balaban J connectivity index is 0.00000200. The molecule has 0 aliphatic carbocycles. The second kappa shape index (κ2) is 7.47. The first-order chi connectivity index (χ1) is 9.13. The molecule has 1 amide bonds. The van der Waals surface area contributed by atoms with Gasteiger partial charge in [0.25, 0.3) is 0 Å². The first-order valence-corrected chi connectivity index (χ1v) is 6.39. The Bertz CT molecular complexity index is 502. The fourth-order valence-corrected chi connectivity index (χ4v) is 2.17. The number of nitrogens with zero attached hydrogens (tertiary/aromatic N) is 3. The number of rotatable bonds is 2. The van der Waals surface area contributed by atoms with Crippen LogP contribution in [0.25, 0.3) is 0 Å². The van der Waals surface area contributed by atoms with E-state index in [4.69, 9.17) is 0 Å². The zero-order valence-corrected chi connectivity index (χ0v) is 14.4. The van der Waals surface area contributed by atoms with Gasteiger partial charge in [0.2, 0.25) is 5.91 Å². The Morgan fingerprint density at radius 1 is 1.40 bits per heavy atom. The molecule has 6 heteroatoms. The first-order valence-electron chi connectivity index (χ1n) is 6.39. The van der Waals surface area contributed by atoms with Gasteiger partial charge < -0.3 is 15.1 Å². The van der Waals surface area contributed by atoms with Gasteiger partial charge in [-0.1, -0.05) is 18.2 Å². The normalized spacial score (nSPS) is 13.6. The van der Waals surface area contributed by atoms with Crippen molar-refractivity contribution in [2.24, 2.45) is 4.99 Å². The summed E-state index contributed by atoms with van der Waals surface area (Å²) >= 11 is 0. The highest BCUT2D eigenvalue weighted by Gasteiger charge is 2.22. The van der Waals surface area contributed by atoms with Crippen LogP contribution in [0.3, 0.4) is 0 Å². The molecule has 0 radical (unpaired) electrons. The van der Waals surface area contributed by atoms with Crippen molar-refractivity contribution in [3.63, 3.8) is 0 Å². The molecule has 2 rings (SSSR count). The minimum Gasteiger partial charge on any atom is -0.347 e. The number of fused-ring (bicyclic) bond motifs is 1. The molecule has 1 aliphatic heterocycles. The van der Waals surface area contributed by atoms with Crippen molar-refractivity contribution in [1.29, 1.82) is 0 Å². The lowest BCUT2D eigenvalue weighted by atomic mass is 10.2. The molecule has 0 spiro atoms. The van der Waals surface area contributed by atoms with Gasteiger partial charge in [-0.25, -0.2) is 0 Å². The Morgan fingerprint density at radius 2 is 2.10 bits per heavy atom. The topological polar surface area (TPSA) is 47.9 Å². The van der Waals surface area contributed by atoms with Gasteiger partial charge >= 0.3 is 0 Å². The number of carbonyl (C=O) groups is 1. The van der Waals surface area contributed by atoms with E-state index in [1.54, 1.807) is 26.0 Å². The fraction of sp³-hybridized carbons (Fsp3) is 0.429. The number of hydrogen-bond acceptors (Lipinski definition) is 2. The average molecular weight is 388 g/mol. The summed E-state index contributed by atoms with van der Waals surface area (Å²) in [6.07, 6.45) is 1.01. The second-order valence-corrected chi connectivity index (χ2v) is 4.72. The zero-order chi connectivity index (χ0) is 13.8. The lowest BCUT2D eigenvalue weighted by molar-refractivity contribution is -0.127. The lowest BCUT2D eigenvalue weighted by Crippen LogP contribution is -2.44. The van der Waals surface area contributed by atoms with Gasteiger partial charge in [0.15, 0.2) is 5.96 Å². The number of aliphatic imine (C=N–C) groups is 1. The van der Waals surface area contributed by atoms with E-state index in [0.717, 1.165) is 18.9 Å².